The second-order valence-corrected chi connectivity index (χ2v) is 7.98. The van der Waals surface area contributed by atoms with Crippen LogP contribution in [0.3, 0.4) is 0 Å². The average Bonchev–Trinajstić information content (AvgIpc) is 2.76. The number of β-lactam (4-membered cyclic amide) rings is 1. The fourth-order valence-electron chi connectivity index (χ4n) is 3.55. The van der Waals surface area contributed by atoms with Crippen molar-refractivity contribution in [1.82, 2.24) is 4.90 Å². The van der Waals surface area contributed by atoms with E-state index >= 15 is 0 Å². The lowest BCUT2D eigenvalue weighted by molar-refractivity contribution is -0.184. The van der Waals surface area contributed by atoms with E-state index in [1.54, 1.807) is 11.8 Å². The molecule has 0 bridgehead atoms. The van der Waals surface area contributed by atoms with Crippen LogP contribution in [-0.2, 0) is 14.3 Å². The first-order valence-electron chi connectivity index (χ1n) is 9.46. The van der Waals surface area contributed by atoms with Crippen LogP contribution in [0, 0.1) is 0 Å². The average molecular weight is 404 g/mol. The van der Waals surface area contributed by atoms with Gasteiger partial charge in [-0.2, -0.15) is 0 Å². The first-order chi connectivity index (χ1) is 14.1. The Morgan fingerprint density at radius 2 is 1.45 bits per heavy atom. The summed E-state index contributed by atoms with van der Waals surface area (Å²) in [4.78, 5) is 27.6. The minimum Gasteiger partial charge on any atom is -0.450 e. The van der Waals surface area contributed by atoms with Crippen molar-refractivity contribution < 1.29 is 14.3 Å². The zero-order valence-corrected chi connectivity index (χ0v) is 16.8. The van der Waals surface area contributed by atoms with Gasteiger partial charge in [0, 0.05) is 11.8 Å². The van der Waals surface area contributed by atoms with Crippen LogP contribution in [0.1, 0.15) is 29.5 Å². The normalized spacial score (nSPS) is 19.3. The molecule has 0 aromatic heterocycles. The molecule has 0 unspecified atom stereocenters. The number of nitrogens with zero attached hydrogens (tertiary/aromatic N) is 1. The van der Waals surface area contributed by atoms with Crippen molar-refractivity contribution in [1.29, 1.82) is 0 Å². The smallest absolute Gasteiger partial charge is 0.303 e. The van der Waals surface area contributed by atoms with Crippen LogP contribution >= 0.6 is 11.8 Å². The van der Waals surface area contributed by atoms with Crippen molar-refractivity contribution in [3.8, 4) is 0 Å². The molecule has 3 aromatic rings. The molecule has 0 saturated carbocycles. The van der Waals surface area contributed by atoms with Gasteiger partial charge in [0.1, 0.15) is 11.4 Å². The van der Waals surface area contributed by atoms with E-state index in [2.05, 4.69) is 0 Å². The number of carbonyl (C=O) groups is 2. The molecule has 5 heteroatoms. The van der Waals surface area contributed by atoms with E-state index in [4.69, 9.17) is 4.74 Å². The summed E-state index contributed by atoms with van der Waals surface area (Å²) in [7, 11) is 0. The molecule has 4 nitrogen and oxygen atoms in total. The molecule has 1 aliphatic heterocycles. The Morgan fingerprint density at radius 1 is 0.897 bits per heavy atom. The SMILES string of the molecule is CC(=O)O[C@H]1C(=O)N([C@@H](Sc2ccccc2)c2ccccc2)[C@H]1c1ccccc1. The zero-order valence-electron chi connectivity index (χ0n) is 16.0. The van der Waals surface area contributed by atoms with Crippen LogP contribution in [0.2, 0.25) is 0 Å². The van der Waals surface area contributed by atoms with E-state index in [0.717, 1.165) is 16.0 Å². The molecule has 3 atom stereocenters. The van der Waals surface area contributed by atoms with E-state index in [9.17, 15) is 9.59 Å². The van der Waals surface area contributed by atoms with Crippen molar-refractivity contribution >= 4 is 23.6 Å². The summed E-state index contributed by atoms with van der Waals surface area (Å²) in [5, 5.41) is -0.233. The summed E-state index contributed by atoms with van der Waals surface area (Å²) in [6.07, 6.45) is -0.794. The highest BCUT2D eigenvalue weighted by molar-refractivity contribution is 7.99. The van der Waals surface area contributed by atoms with Crippen LogP contribution in [0.4, 0.5) is 0 Å². The number of amides is 1. The summed E-state index contributed by atoms with van der Waals surface area (Å²) in [6, 6.07) is 29.4. The Hall–Kier alpha value is -3.05. The Bertz CT molecular complexity index is 979. The highest BCUT2D eigenvalue weighted by Crippen LogP contribution is 2.49. The molecule has 146 valence electrons. The number of carbonyl (C=O) groups excluding carboxylic acids is 2. The van der Waals surface area contributed by atoms with Crippen LogP contribution in [0.25, 0.3) is 0 Å². The quantitative estimate of drug-likeness (QED) is 0.330. The minimum absolute atomic E-state index is 0.175. The summed E-state index contributed by atoms with van der Waals surface area (Å²) in [5.74, 6) is -0.623. The molecule has 4 rings (SSSR count). The van der Waals surface area contributed by atoms with Crippen LogP contribution in [0.5, 0.6) is 0 Å². The molecule has 1 heterocycles. The van der Waals surface area contributed by atoms with Crippen molar-refractivity contribution in [3.05, 3.63) is 102 Å². The maximum Gasteiger partial charge on any atom is 0.303 e. The van der Waals surface area contributed by atoms with Crippen molar-refractivity contribution in [2.45, 2.75) is 29.3 Å². The Morgan fingerprint density at radius 3 is 2.03 bits per heavy atom. The number of likely N-dealkylation sites (tertiary alicyclic amines) is 1. The third kappa shape index (κ3) is 4.05. The van der Waals surface area contributed by atoms with E-state index in [1.807, 2.05) is 95.9 Å². The lowest BCUT2D eigenvalue weighted by atomic mass is 9.89. The molecule has 1 fully saturated rings. The van der Waals surface area contributed by atoms with Gasteiger partial charge >= 0.3 is 5.97 Å². The number of hydrogen-bond acceptors (Lipinski definition) is 4. The molecular formula is C24H21NO3S. The van der Waals surface area contributed by atoms with Crippen LogP contribution in [0.15, 0.2) is 95.9 Å². The second-order valence-electron chi connectivity index (χ2n) is 6.83. The van der Waals surface area contributed by atoms with Gasteiger partial charge in [-0.15, -0.1) is 0 Å². The van der Waals surface area contributed by atoms with Gasteiger partial charge in [-0.3, -0.25) is 9.59 Å². The number of thioether (sulfide) groups is 1. The molecule has 0 aliphatic carbocycles. The molecule has 29 heavy (non-hydrogen) atoms. The highest BCUT2D eigenvalue weighted by atomic mass is 32.2. The summed E-state index contributed by atoms with van der Waals surface area (Å²) >= 11 is 1.61. The fraction of sp³-hybridized carbons (Fsp3) is 0.167. The Balaban J connectivity index is 1.73. The van der Waals surface area contributed by atoms with Gasteiger partial charge in [-0.25, -0.2) is 0 Å². The Labute approximate surface area is 174 Å². The third-order valence-electron chi connectivity index (χ3n) is 4.85. The first kappa shape index (κ1) is 19.3. The minimum atomic E-state index is -0.794. The summed E-state index contributed by atoms with van der Waals surface area (Å²) in [5.41, 5.74) is 1.98. The predicted molar refractivity (Wildman–Crippen MR) is 113 cm³/mol. The Kier molecular flexibility index (Phi) is 5.67. The molecule has 1 saturated heterocycles. The number of benzene rings is 3. The number of ether oxygens (including phenoxy) is 1. The van der Waals surface area contributed by atoms with Gasteiger partial charge in [-0.05, 0) is 23.3 Å². The molecule has 0 radical (unpaired) electrons. The molecule has 3 aromatic carbocycles. The standard InChI is InChI=1S/C24H21NO3S/c1-17(26)28-22-21(18-11-5-2-6-12-18)25(23(22)27)24(19-13-7-3-8-14-19)29-20-15-9-4-10-16-20/h2-16,21-22,24H,1H3/t21-,22+,24-/m0/s1. The number of rotatable bonds is 6. The second kappa shape index (κ2) is 8.53. The maximum absolute atomic E-state index is 13.1. The van der Waals surface area contributed by atoms with E-state index in [-0.39, 0.29) is 17.3 Å². The van der Waals surface area contributed by atoms with Crippen LogP contribution in [-0.4, -0.2) is 22.9 Å². The third-order valence-corrected chi connectivity index (χ3v) is 6.11. The summed E-state index contributed by atoms with van der Waals surface area (Å²) in [6.45, 7) is 1.34. The monoisotopic (exact) mass is 403 g/mol. The van der Waals surface area contributed by atoms with E-state index in [0.29, 0.717) is 0 Å². The molecule has 1 amide bonds. The first-order valence-corrected chi connectivity index (χ1v) is 10.3. The lowest BCUT2D eigenvalue weighted by Gasteiger charge is -2.50. The van der Waals surface area contributed by atoms with Gasteiger partial charge in [0.15, 0.2) is 0 Å². The van der Waals surface area contributed by atoms with Crippen LogP contribution < -0.4 is 0 Å². The molecular weight excluding hydrogens is 382 g/mol. The zero-order chi connectivity index (χ0) is 20.2. The maximum atomic E-state index is 13.1. The van der Waals surface area contributed by atoms with Crippen molar-refractivity contribution in [2.24, 2.45) is 0 Å². The predicted octanol–water partition coefficient (Wildman–Crippen LogP) is 4.99. The topological polar surface area (TPSA) is 46.6 Å². The number of esters is 1. The van der Waals surface area contributed by atoms with Gasteiger partial charge in [0.05, 0.1) is 0 Å². The molecule has 1 aliphatic rings. The van der Waals surface area contributed by atoms with Crippen molar-refractivity contribution in [2.75, 3.05) is 0 Å². The van der Waals surface area contributed by atoms with E-state index in [1.165, 1.54) is 6.92 Å². The van der Waals surface area contributed by atoms with E-state index < -0.39 is 12.1 Å². The molecule has 0 spiro atoms. The number of hydrogen-bond donors (Lipinski definition) is 0. The van der Waals surface area contributed by atoms with Gasteiger partial charge in [0.25, 0.3) is 5.91 Å². The van der Waals surface area contributed by atoms with Gasteiger partial charge < -0.3 is 9.64 Å². The fourth-order valence-corrected chi connectivity index (χ4v) is 4.77. The summed E-state index contributed by atoms with van der Waals surface area (Å²) < 4.78 is 5.39. The van der Waals surface area contributed by atoms with Gasteiger partial charge in [-0.1, -0.05) is 90.6 Å². The highest BCUT2D eigenvalue weighted by Gasteiger charge is 2.53. The largest absolute Gasteiger partial charge is 0.450 e. The van der Waals surface area contributed by atoms with Crippen molar-refractivity contribution in [3.63, 3.8) is 0 Å². The lowest BCUT2D eigenvalue weighted by Crippen LogP contribution is -2.60. The van der Waals surface area contributed by atoms with Gasteiger partial charge in [0.2, 0.25) is 6.10 Å². The molecule has 0 N–H and O–H groups in total.